The minimum absolute atomic E-state index is 0.0920. The Hall–Kier alpha value is -1.83. The molecule has 5 nitrogen and oxygen atoms in total. The zero-order valence-corrected chi connectivity index (χ0v) is 16.4. The Morgan fingerprint density at radius 2 is 2.27 bits per heavy atom. The molecule has 0 aliphatic carbocycles. The fraction of sp³-hybridized carbons (Fsp3) is 0.278. The van der Waals surface area contributed by atoms with E-state index in [-0.39, 0.29) is 11.2 Å². The summed E-state index contributed by atoms with van der Waals surface area (Å²) in [4.78, 5) is 16.0. The first-order chi connectivity index (χ1) is 12.6. The lowest BCUT2D eigenvalue weighted by atomic mass is 10.1. The Balaban J connectivity index is 1.42. The van der Waals surface area contributed by atoms with Crippen LogP contribution in [0.1, 0.15) is 17.4 Å². The molecule has 1 aliphatic rings. The van der Waals surface area contributed by atoms with Crippen LogP contribution in [0.3, 0.4) is 0 Å². The van der Waals surface area contributed by atoms with Crippen molar-refractivity contribution in [3.8, 4) is 11.5 Å². The molecule has 0 spiro atoms. The molecule has 1 unspecified atom stereocenters. The van der Waals surface area contributed by atoms with E-state index in [1.165, 1.54) is 22.2 Å². The van der Waals surface area contributed by atoms with E-state index in [1.807, 2.05) is 24.0 Å². The van der Waals surface area contributed by atoms with Gasteiger partial charge < -0.3 is 9.32 Å². The maximum Gasteiger partial charge on any atom is 0.277 e. The molecule has 0 fully saturated rings. The Morgan fingerprint density at radius 1 is 1.38 bits per heavy atom. The predicted octanol–water partition coefficient (Wildman–Crippen LogP) is 4.52. The van der Waals surface area contributed by atoms with E-state index < -0.39 is 0 Å². The van der Waals surface area contributed by atoms with Gasteiger partial charge in [-0.05, 0) is 48.6 Å². The molecule has 1 amide bonds. The van der Waals surface area contributed by atoms with Crippen LogP contribution in [0.5, 0.6) is 0 Å². The molecule has 1 aliphatic heterocycles. The van der Waals surface area contributed by atoms with Crippen molar-refractivity contribution in [1.82, 2.24) is 15.1 Å². The number of fused-ring (bicyclic) bond motifs is 1. The molecule has 1 aromatic carbocycles. The van der Waals surface area contributed by atoms with Crippen LogP contribution in [0.4, 0.5) is 0 Å². The van der Waals surface area contributed by atoms with Gasteiger partial charge in [-0.15, -0.1) is 21.5 Å². The Kier molecular flexibility index (Phi) is 5.02. The number of hydrogen-bond donors (Lipinski definition) is 0. The topological polar surface area (TPSA) is 59.2 Å². The van der Waals surface area contributed by atoms with Gasteiger partial charge in [0.05, 0.1) is 5.25 Å². The lowest BCUT2D eigenvalue weighted by molar-refractivity contribution is -0.131. The van der Waals surface area contributed by atoms with Crippen molar-refractivity contribution in [2.45, 2.75) is 30.4 Å². The van der Waals surface area contributed by atoms with Crippen molar-refractivity contribution in [2.75, 3.05) is 6.54 Å². The van der Waals surface area contributed by atoms with Crippen LogP contribution < -0.4 is 0 Å². The van der Waals surface area contributed by atoms with Crippen molar-refractivity contribution < 1.29 is 9.21 Å². The van der Waals surface area contributed by atoms with E-state index in [1.54, 1.807) is 23.5 Å². The summed E-state index contributed by atoms with van der Waals surface area (Å²) in [7, 11) is 0. The second-order valence-corrected chi connectivity index (χ2v) is 8.75. The van der Waals surface area contributed by atoms with E-state index in [2.05, 4.69) is 21.6 Å². The van der Waals surface area contributed by atoms with Gasteiger partial charge >= 0.3 is 0 Å². The molecule has 3 heterocycles. The SMILES string of the molecule is CC(Sc1nnc(-c2cccc(Cl)c2)o1)C(=O)N1CCc2sccc2C1. The number of benzene rings is 1. The van der Waals surface area contributed by atoms with Gasteiger partial charge in [0, 0.05) is 28.6 Å². The molecule has 0 saturated carbocycles. The fourth-order valence-electron chi connectivity index (χ4n) is 2.89. The van der Waals surface area contributed by atoms with Crippen LogP contribution in [0.2, 0.25) is 5.02 Å². The average Bonchev–Trinajstić information content (AvgIpc) is 3.29. The zero-order valence-electron chi connectivity index (χ0n) is 14.0. The van der Waals surface area contributed by atoms with Crippen molar-refractivity contribution in [3.05, 3.63) is 51.2 Å². The van der Waals surface area contributed by atoms with Crippen molar-refractivity contribution in [1.29, 1.82) is 0 Å². The number of hydrogen-bond acceptors (Lipinski definition) is 6. The number of halogens is 1. The first-order valence-corrected chi connectivity index (χ1v) is 10.3. The number of nitrogens with zero attached hydrogens (tertiary/aromatic N) is 3. The van der Waals surface area contributed by atoms with Gasteiger partial charge in [-0.3, -0.25) is 4.79 Å². The van der Waals surface area contributed by atoms with Crippen molar-refractivity contribution >= 4 is 40.6 Å². The van der Waals surface area contributed by atoms with Gasteiger partial charge in [0.2, 0.25) is 11.8 Å². The number of carbonyl (C=O) groups is 1. The van der Waals surface area contributed by atoms with Gasteiger partial charge in [0.25, 0.3) is 5.22 Å². The molecular weight excluding hydrogens is 390 g/mol. The van der Waals surface area contributed by atoms with Crippen molar-refractivity contribution in [3.63, 3.8) is 0 Å². The minimum atomic E-state index is -0.289. The highest BCUT2D eigenvalue weighted by atomic mass is 35.5. The smallest absolute Gasteiger partial charge is 0.277 e. The summed E-state index contributed by atoms with van der Waals surface area (Å²) >= 11 is 9.05. The molecule has 0 radical (unpaired) electrons. The molecule has 1 atom stereocenters. The van der Waals surface area contributed by atoms with Crippen LogP contribution in [0.15, 0.2) is 45.4 Å². The third-order valence-corrected chi connectivity index (χ3v) is 6.40. The summed E-state index contributed by atoms with van der Waals surface area (Å²) in [5.41, 5.74) is 2.02. The van der Waals surface area contributed by atoms with Crippen molar-refractivity contribution in [2.24, 2.45) is 0 Å². The van der Waals surface area contributed by atoms with Crippen LogP contribution in [-0.2, 0) is 17.8 Å². The number of rotatable bonds is 4. The Morgan fingerprint density at radius 3 is 3.12 bits per heavy atom. The third kappa shape index (κ3) is 3.65. The molecule has 8 heteroatoms. The van der Waals surface area contributed by atoms with Gasteiger partial charge in [-0.1, -0.05) is 29.4 Å². The molecule has 2 aromatic heterocycles. The molecule has 134 valence electrons. The minimum Gasteiger partial charge on any atom is -0.411 e. The Labute approximate surface area is 164 Å². The first kappa shape index (κ1) is 17.6. The quantitative estimate of drug-likeness (QED) is 0.597. The summed E-state index contributed by atoms with van der Waals surface area (Å²) in [5, 5.41) is 10.9. The highest BCUT2D eigenvalue weighted by Crippen LogP contribution is 2.30. The Bertz CT molecular complexity index is 940. The highest BCUT2D eigenvalue weighted by molar-refractivity contribution is 8.00. The van der Waals surface area contributed by atoms with Gasteiger partial charge in [0.1, 0.15) is 0 Å². The maximum absolute atomic E-state index is 12.8. The lowest BCUT2D eigenvalue weighted by Gasteiger charge is -2.28. The average molecular weight is 406 g/mol. The van der Waals surface area contributed by atoms with E-state index in [0.717, 1.165) is 18.5 Å². The zero-order chi connectivity index (χ0) is 18.1. The first-order valence-electron chi connectivity index (χ1n) is 8.20. The number of aromatic nitrogens is 2. The maximum atomic E-state index is 12.8. The lowest BCUT2D eigenvalue weighted by Crippen LogP contribution is -2.39. The van der Waals surface area contributed by atoms with E-state index in [9.17, 15) is 4.79 Å². The van der Waals surface area contributed by atoms with Gasteiger partial charge in [-0.25, -0.2) is 0 Å². The summed E-state index contributed by atoms with van der Waals surface area (Å²) in [6.45, 7) is 3.31. The molecule has 0 saturated heterocycles. The fourth-order valence-corrected chi connectivity index (χ4v) is 4.74. The summed E-state index contributed by atoms with van der Waals surface area (Å²) in [5.74, 6) is 0.491. The number of thioether (sulfide) groups is 1. The van der Waals surface area contributed by atoms with Crippen LogP contribution in [-0.4, -0.2) is 32.8 Å². The highest BCUT2D eigenvalue weighted by Gasteiger charge is 2.27. The molecule has 0 N–H and O–H groups in total. The third-order valence-electron chi connectivity index (χ3n) is 4.22. The molecule has 4 rings (SSSR count). The summed E-state index contributed by atoms with van der Waals surface area (Å²) in [6.07, 6.45) is 0.926. The predicted molar refractivity (Wildman–Crippen MR) is 104 cm³/mol. The normalized spacial score (nSPS) is 14.9. The van der Waals surface area contributed by atoms with Crippen LogP contribution in [0, 0.1) is 0 Å². The molecular formula is C18H16ClN3O2S2. The van der Waals surface area contributed by atoms with E-state index in [4.69, 9.17) is 16.0 Å². The largest absolute Gasteiger partial charge is 0.411 e. The standard InChI is InChI=1S/C18H16ClN3O2S2/c1-11(17(23)22-7-5-15-13(10-22)6-8-25-15)26-18-21-20-16(24-18)12-3-2-4-14(19)9-12/h2-4,6,8-9,11H,5,7,10H2,1H3. The van der Waals surface area contributed by atoms with Gasteiger partial charge in [0.15, 0.2) is 0 Å². The molecule has 26 heavy (non-hydrogen) atoms. The van der Waals surface area contributed by atoms with E-state index in [0.29, 0.717) is 22.7 Å². The molecule has 0 bridgehead atoms. The summed E-state index contributed by atoms with van der Waals surface area (Å²) < 4.78 is 5.69. The summed E-state index contributed by atoms with van der Waals surface area (Å²) in [6, 6.07) is 9.34. The van der Waals surface area contributed by atoms with Crippen LogP contribution >= 0.6 is 34.7 Å². The number of thiophene rings is 1. The second-order valence-electron chi connectivity index (χ2n) is 6.02. The second kappa shape index (κ2) is 7.42. The van der Waals surface area contributed by atoms with E-state index >= 15 is 0 Å². The molecule has 3 aromatic rings. The van der Waals surface area contributed by atoms with Crippen LogP contribution in [0.25, 0.3) is 11.5 Å². The van der Waals surface area contributed by atoms with Gasteiger partial charge in [-0.2, -0.15) is 0 Å². The monoisotopic (exact) mass is 405 g/mol. The number of amides is 1. The number of carbonyl (C=O) groups excluding carboxylic acids is 1.